The van der Waals surface area contributed by atoms with Gasteiger partial charge in [0.25, 0.3) is 5.91 Å². The molecule has 5 heteroatoms. The van der Waals surface area contributed by atoms with Crippen LogP contribution in [0.15, 0.2) is 24.3 Å². The molecule has 1 amide bonds. The number of carbonyl (C=O) groups excluding carboxylic acids is 3. The van der Waals surface area contributed by atoms with Gasteiger partial charge in [0.1, 0.15) is 17.5 Å². The van der Waals surface area contributed by atoms with Crippen molar-refractivity contribution >= 4 is 23.2 Å². The summed E-state index contributed by atoms with van der Waals surface area (Å²) in [7, 11) is 0. The lowest BCUT2D eigenvalue weighted by atomic mass is 9.72. The van der Waals surface area contributed by atoms with E-state index in [-0.39, 0.29) is 24.4 Å². The lowest BCUT2D eigenvalue weighted by Crippen LogP contribution is -2.50. The first-order valence-corrected chi connectivity index (χ1v) is 6.24. The zero-order chi connectivity index (χ0) is 13.6. The number of hydrogen-bond donors (Lipinski definition) is 2. The molecule has 2 aliphatic rings. The average Bonchev–Trinajstić information content (AvgIpc) is 2.63. The Hall–Kier alpha value is -2.01. The van der Waals surface area contributed by atoms with Gasteiger partial charge in [-0.25, -0.2) is 0 Å². The van der Waals surface area contributed by atoms with E-state index >= 15 is 0 Å². The van der Waals surface area contributed by atoms with E-state index < -0.39 is 17.4 Å². The van der Waals surface area contributed by atoms with Gasteiger partial charge in [-0.3, -0.25) is 14.4 Å². The molecule has 2 N–H and O–H groups in total. The highest BCUT2D eigenvalue weighted by atomic mass is 16.3. The highest BCUT2D eigenvalue weighted by molar-refractivity contribution is 6.15. The number of nitrogens with one attached hydrogen (secondary N) is 1. The van der Waals surface area contributed by atoms with Gasteiger partial charge in [-0.15, -0.1) is 0 Å². The Morgan fingerprint density at radius 1 is 1.11 bits per heavy atom. The molecule has 0 bridgehead atoms. The fourth-order valence-corrected chi connectivity index (χ4v) is 2.92. The quantitative estimate of drug-likeness (QED) is 0.729. The smallest absolute Gasteiger partial charge is 0.262 e. The highest BCUT2D eigenvalue weighted by Crippen LogP contribution is 2.43. The van der Waals surface area contributed by atoms with Gasteiger partial charge < -0.3 is 10.4 Å². The Morgan fingerprint density at radius 2 is 1.74 bits per heavy atom. The van der Waals surface area contributed by atoms with E-state index in [1.54, 1.807) is 24.3 Å². The van der Waals surface area contributed by atoms with Crippen molar-refractivity contribution in [1.29, 1.82) is 0 Å². The van der Waals surface area contributed by atoms with Crippen LogP contribution in [0.4, 0.5) is 5.69 Å². The summed E-state index contributed by atoms with van der Waals surface area (Å²) in [4.78, 5) is 36.1. The minimum atomic E-state index is -2.05. The van der Waals surface area contributed by atoms with Gasteiger partial charge in [-0.05, 0) is 12.5 Å². The number of para-hydroxylation sites is 1. The number of rotatable bonds is 1. The molecule has 1 aliphatic heterocycles. The maximum absolute atomic E-state index is 12.1. The van der Waals surface area contributed by atoms with E-state index in [1.807, 2.05) is 0 Å². The summed E-state index contributed by atoms with van der Waals surface area (Å²) in [5.74, 6) is -2.68. The number of anilines is 1. The fraction of sp³-hybridized carbons (Fsp3) is 0.357. The number of carbonyl (C=O) groups is 3. The number of aliphatic hydroxyl groups is 1. The van der Waals surface area contributed by atoms with E-state index in [0.717, 1.165) is 0 Å². The zero-order valence-electron chi connectivity index (χ0n) is 10.2. The molecule has 1 fully saturated rings. The highest BCUT2D eigenvalue weighted by Gasteiger charge is 2.56. The molecule has 1 aliphatic carbocycles. The second-order valence-electron chi connectivity index (χ2n) is 4.99. The third kappa shape index (κ3) is 1.55. The van der Waals surface area contributed by atoms with Crippen LogP contribution in [0.1, 0.15) is 24.8 Å². The standard InChI is InChI=1S/C14H13NO4/c16-10-6-3-7-11(17)12(10)14(19)8-4-1-2-5-9(8)15-13(14)18/h1-2,4-5,12,19H,3,6-7H2,(H,15,18). The van der Waals surface area contributed by atoms with Crippen molar-refractivity contribution in [1.82, 2.24) is 0 Å². The Balaban J connectivity index is 2.14. The predicted octanol–water partition coefficient (Wildman–Crippen LogP) is 0.765. The summed E-state index contributed by atoms with van der Waals surface area (Å²) < 4.78 is 0. The van der Waals surface area contributed by atoms with Gasteiger partial charge in [0.15, 0.2) is 5.60 Å². The van der Waals surface area contributed by atoms with Gasteiger partial charge in [-0.2, -0.15) is 0 Å². The van der Waals surface area contributed by atoms with Crippen molar-refractivity contribution in [3.63, 3.8) is 0 Å². The van der Waals surface area contributed by atoms with E-state index in [9.17, 15) is 19.5 Å². The van der Waals surface area contributed by atoms with Crippen molar-refractivity contribution in [2.45, 2.75) is 24.9 Å². The molecule has 5 nitrogen and oxygen atoms in total. The third-order valence-electron chi connectivity index (χ3n) is 3.84. The lowest BCUT2D eigenvalue weighted by molar-refractivity contribution is -0.157. The van der Waals surface area contributed by atoms with Crippen molar-refractivity contribution in [3.8, 4) is 0 Å². The first-order chi connectivity index (χ1) is 9.05. The van der Waals surface area contributed by atoms with Crippen molar-refractivity contribution in [2.75, 3.05) is 5.32 Å². The summed E-state index contributed by atoms with van der Waals surface area (Å²) in [5, 5.41) is 13.3. The number of fused-ring (bicyclic) bond motifs is 1. The number of ketones is 2. The SMILES string of the molecule is O=C1CCCC(=O)C1C1(O)C(=O)Nc2ccccc21. The van der Waals surface area contributed by atoms with E-state index in [4.69, 9.17) is 0 Å². The topological polar surface area (TPSA) is 83.5 Å². The molecule has 98 valence electrons. The van der Waals surface area contributed by atoms with Crippen LogP contribution in [0.25, 0.3) is 0 Å². The Morgan fingerprint density at radius 3 is 2.42 bits per heavy atom. The summed E-state index contributed by atoms with van der Waals surface area (Å²) in [6.45, 7) is 0. The molecule has 0 spiro atoms. The molecule has 0 radical (unpaired) electrons. The maximum atomic E-state index is 12.1. The van der Waals surface area contributed by atoms with Crippen molar-refractivity contribution < 1.29 is 19.5 Å². The minimum absolute atomic E-state index is 0.230. The van der Waals surface area contributed by atoms with Gasteiger partial charge in [0.2, 0.25) is 0 Å². The molecule has 0 saturated heterocycles. The Bertz CT molecular complexity index is 579. The number of Topliss-reactive ketones (excluding diaryl/α,β-unsaturated/α-hetero) is 2. The largest absolute Gasteiger partial charge is 0.374 e. The van der Waals surface area contributed by atoms with Crippen LogP contribution >= 0.6 is 0 Å². The van der Waals surface area contributed by atoms with Crippen LogP contribution in [0.2, 0.25) is 0 Å². The molecular formula is C14H13NO4. The summed E-state index contributed by atoms with van der Waals surface area (Å²) in [6.07, 6.45) is 0.954. The molecular weight excluding hydrogens is 246 g/mol. The summed E-state index contributed by atoms with van der Waals surface area (Å²) in [6, 6.07) is 6.60. The first kappa shape index (κ1) is 12.0. The average molecular weight is 259 g/mol. The van der Waals surface area contributed by atoms with E-state index in [2.05, 4.69) is 5.32 Å². The third-order valence-corrected chi connectivity index (χ3v) is 3.84. The molecule has 1 unspecified atom stereocenters. The molecule has 1 aromatic rings. The molecule has 19 heavy (non-hydrogen) atoms. The fourth-order valence-electron chi connectivity index (χ4n) is 2.92. The van der Waals surface area contributed by atoms with E-state index in [1.165, 1.54) is 0 Å². The zero-order valence-corrected chi connectivity index (χ0v) is 10.2. The van der Waals surface area contributed by atoms with Crippen LogP contribution < -0.4 is 5.32 Å². The number of benzene rings is 1. The molecule has 3 rings (SSSR count). The van der Waals surface area contributed by atoms with Crippen LogP contribution in [0.3, 0.4) is 0 Å². The normalized spacial score (nSPS) is 27.3. The van der Waals surface area contributed by atoms with Crippen LogP contribution in [-0.4, -0.2) is 22.6 Å². The monoisotopic (exact) mass is 259 g/mol. The molecule has 1 atom stereocenters. The minimum Gasteiger partial charge on any atom is -0.374 e. The van der Waals surface area contributed by atoms with Crippen LogP contribution in [0.5, 0.6) is 0 Å². The molecule has 1 aromatic carbocycles. The van der Waals surface area contributed by atoms with Crippen molar-refractivity contribution in [2.24, 2.45) is 5.92 Å². The summed E-state index contributed by atoms with van der Waals surface area (Å²) >= 11 is 0. The van der Waals surface area contributed by atoms with Gasteiger partial charge in [0.05, 0.1) is 0 Å². The summed E-state index contributed by atoms with van der Waals surface area (Å²) in [5.41, 5.74) is -1.28. The molecule has 1 heterocycles. The maximum Gasteiger partial charge on any atom is 0.262 e. The predicted molar refractivity (Wildman–Crippen MR) is 66.3 cm³/mol. The Kier molecular flexibility index (Phi) is 2.53. The number of hydrogen-bond acceptors (Lipinski definition) is 4. The van der Waals surface area contributed by atoms with Gasteiger partial charge in [-0.1, -0.05) is 18.2 Å². The molecule has 1 saturated carbocycles. The molecule has 0 aromatic heterocycles. The second kappa shape index (κ2) is 3.99. The van der Waals surface area contributed by atoms with Crippen LogP contribution in [0, 0.1) is 5.92 Å². The van der Waals surface area contributed by atoms with E-state index in [0.29, 0.717) is 17.7 Å². The van der Waals surface area contributed by atoms with Gasteiger partial charge >= 0.3 is 0 Å². The van der Waals surface area contributed by atoms with Crippen molar-refractivity contribution in [3.05, 3.63) is 29.8 Å². The Labute approximate surface area is 109 Å². The number of amides is 1. The lowest BCUT2D eigenvalue weighted by Gasteiger charge is -2.31. The second-order valence-corrected chi connectivity index (χ2v) is 4.99. The van der Waals surface area contributed by atoms with Gasteiger partial charge in [0, 0.05) is 24.1 Å². The van der Waals surface area contributed by atoms with Crippen LogP contribution in [-0.2, 0) is 20.0 Å². The first-order valence-electron chi connectivity index (χ1n) is 6.24.